The highest BCUT2D eigenvalue weighted by atomic mass is 32.2. The van der Waals surface area contributed by atoms with Gasteiger partial charge in [0.2, 0.25) is 10.0 Å². The molecule has 0 saturated carbocycles. The van der Waals surface area contributed by atoms with Crippen molar-refractivity contribution in [1.29, 1.82) is 0 Å². The Morgan fingerprint density at radius 2 is 1.82 bits per heavy atom. The third-order valence-corrected chi connectivity index (χ3v) is 3.71. The summed E-state index contributed by atoms with van der Waals surface area (Å²) in [6.45, 7) is 0.272. The van der Waals surface area contributed by atoms with Gasteiger partial charge in [0.25, 0.3) is 0 Å². The van der Waals surface area contributed by atoms with E-state index in [0.29, 0.717) is 0 Å². The first-order chi connectivity index (χ1) is 8.18. The number of rotatable bonds is 4. The molecule has 1 heterocycles. The minimum absolute atomic E-state index is 0.272. The number of hydrogen-bond acceptors (Lipinski definition) is 2. The van der Waals surface area contributed by atoms with Gasteiger partial charge in [0, 0.05) is 18.2 Å². The molecule has 0 aliphatic carbocycles. The van der Waals surface area contributed by atoms with Crippen LogP contribution in [-0.4, -0.2) is 8.42 Å². The number of aromatic amines is 1. The van der Waals surface area contributed by atoms with E-state index in [4.69, 9.17) is 0 Å². The van der Waals surface area contributed by atoms with Gasteiger partial charge in [-0.05, 0) is 18.2 Å². The topological polar surface area (TPSA) is 60.3 Å². The Morgan fingerprint density at radius 1 is 1.06 bits per heavy atom. The summed E-state index contributed by atoms with van der Waals surface area (Å²) in [6.07, 6.45) is 3.53. The molecule has 2 aromatic rings. The Kier molecular flexibility index (Phi) is 3.51. The fourth-order valence-corrected chi connectivity index (χ4v) is 2.44. The van der Waals surface area contributed by atoms with E-state index in [1.807, 2.05) is 12.1 Å². The van der Waals surface area contributed by atoms with Crippen molar-refractivity contribution in [1.82, 2.24) is 4.72 Å². The highest BCUT2D eigenvalue weighted by molar-refractivity contribution is 7.89. The molecule has 1 aromatic heterocycles. The van der Waals surface area contributed by atoms with Crippen LogP contribution in [0.1, 0.15) is 5.56 Å². The first-order valence-electron chi connectivity index (χ1n) is 5.18. The molecule has 1 aromatic carbocycles. The summed E-state index contributed by atoms with van der Waals surface area (Å²) in [5, 5.41) is 0. The van der Waals surface area contributed by atoms with Crippen LogP contribution < -0.4 is 9.71 Å². The minimum Gasteiger partial charge on any atom is -0.218 e. The van der Waals surface area contributed by atoms with Crippen molar-refractivity contribution in [2.24, 2.45) is 0 Å². The van der Waals surface area contributed by atoms with Crippen LogP contribution in [0.4, 0.5) is 0 Å². The SMILES string of the molecule is O=S(=O)(NCc1ccc[nH+]c1)c1ccccc1. The van der Waals surface area contributed by atoms with Gasteiger partial charge in [-0.25, -0.2) is 18.1 Å². The Labute approximate surface area is 100 Å². The molecular weight excluding hydrogens is 236 g/mol. The van der Waals surface area contributed by atoms with Gasteiger partial charge in [-0.2, -0.15) is 0 Å². The average Bonchev–Trinajstić information content (AvgIpc) is 2.39. The minimum atomic E-state index is -3.42. The lowest BCUT2D eigenvalue weighted by Crippen LogP contribution is -2.23. The molecule has 5 heteroatoms. The molecule has 17 heavy (non-hydrogen) atoms. The summed E-state index contributed by atoms with van der Waals surface area (Å²) in [7, 11) is -3.42. The van der Waals surface area contributed by atoms with Gasteiger partial charge < -0.3 is 0 Å². The zero-order valence-electron chi connectivity index (χ0n) is 9.13. The molecule has 0 aliphatic heterocycles. The van der Waals surface area contributed by atoms with E-state index in [9.17, 15) is 8.42 Å². The van der Waals surface area contributed by atoms with E-state index >= 15 is 0 Å². The van der Waals surface area contributed by atoms with Crippen molar-refractivity contribution in [3.8, 4) is 0 Å². The molecule has 4 nitrogen and oxygen atoms in total. The van der Waals surface area contributed by atoms with E-state index in [-0.39, 0.29) is 11.4 Å². The number of nitrogens with one attached hydrogen (secondary N) is 2. The molecule has 0 radical (unpaired) electrons. The van der Waals surface area contributed by atoms with Gasteiger partial charge in [-0.15, -0.1) is 0 Å². The van der Waals surface area contributed by atoms with Gasteiger partial charge in [-0.1, -0.05) is 18.2 Å². The van der Waals surface area contributed by atoms with Crippen LogP contribution in [0.25, 0.3) is 0 Å². The van der Waals surface area contributed by atoms with Crippen LogP contribution in [0.3, 0.4) is 0 Å². The molecule has 0 spiro atoms. The molecule has 0 fully saturated rings. The van der Waals surface area contributed by atoms with Crippen molar-refractivity contribution in [2.45, 2.75) is 11.4 Å². The smallest absolute Gasteiger partial charge is 0.218 e. The molecule has 2 N–H and O–H groups in total. The van der Waals surface area contributed by atoms with Crippen LogP contribution in [0.15, 0.2) is 59.8 Å². The fourth-order valence-electron chi connectivity index (χ4n) is 1.40. The number of benzene rings is 1. The van der Waals surface area contributed by atoms with Gasteiger partial charge in [0.1, 0.15) is 0 Å². The van der Waals surface area contributed by atoms with E-state index in [1.165, 1.54) is 0 Å². The lowest BCUT2D eigenvalue weighted by molar-refractivity contribution is -0.378. The molecule has 88 valence electrons. The summed E-state index contributed by atoms with van der Waals surface area (Å²) in [4.78, 5) is 3.18. The third-order valence-electron chi connectivity index (χ3n) is 2.29. The maximum absolute atomic E-state index is 11.9. The highest BCUT2D eigenvalue weighted by Crippen LogP contribution is 2.07. The van der Waals surface area contributed by atoms with Gasteiger partial charge in [0.15, 0.2) is 12.4 Å². The Morgan fingerprint density at radius 3 is 2.47 bits per heavy atom. The summed E-state index contributed by atoms with van der Waals surface area (Å²) < 4.78 is 26.3. The molecule has 0 bridgehead atoms. The molecular formula is C12H13N2O2S+. The zero-order valence-corrected chi connectivity index (χ0v) is 9.94. The predicted octanol–water partition coefficient (Wildman–Crippen LogP) is 0.979. The lowest BCUT2D eigenvalue weighted by atomic mass is 10.3. The summed E-state index contributed by atoms with van der Waals surface area (Å²) in [5.74, 6) is 0. The van der Waals surface area contributed by atoms with Crippen molar-refractivity contribution in [3.63, 3.8) is 0 Å². The molecule has 0 atom stereocenters. The maximum Gasteiger partial charge on any atom is 0.240 e. The monoisotopic (exact) mass is 249 g/mol. The second kappa shape index (κ2) is 5.07. The van der Waals surface area contributed by atoms with E-state index in [0.717, 1.165) is 5.56 Å². The highest BCUT2D eigenvalue weighted by Gasteiger charge is 2.12. The number of sulfonamides is 1. The van der Waals surface area contributed by atoms with Crippen LogP contribution in [-0.2, 0) is 16.6 Å². The summed E-state index contributed by atoms with van der Waals surface area (Å²) in [6, 6.07) is 12.0. The maximum atomic E-state index is 11.9. The number of H-pyrrole nitrogens is 1. The van der Waals surface area contributed by atoms with Crippen molar-refractivity contribution in [2.75, 3.05) is 0 Å². The first kappa shape index (κ1) is 11.8. The number of aromatic nitrogens is 1. The quantitative estimate of drug-likeness (QED) is 0.878. The predicted molar refractivity (Wildman–Crippen MR) is 63.5 cm³/mol. The molecule has 2 rings (SSSR count). The van der Waals surface area contributed by atoms with Crippen LogP contribution in [0.2, 0.25) is 0 Å². The Balaban J connectivity index is 2.09. The second-order valence-electron chi connectivity index (χ2n) is 3.55. The van der Waals surface area contributed by atoms with Gasteiger partial charge in [-0.3, -0.25) is 0 Å². The molecule has 0 unspecified atom stereocenters. The van der Waals surface area contributed by atoms with E-state index in [1.54, 1.807) is 42.7 Å². The number of pyridine rings is 1. The van der Waals surface area contributed by atoms with Gasteiger partial charge >= 0.3 is 0 Å². The third kappa shape index (κ3) is 3.12. The molecule has 0 saturated heterocycles. The Hall–Kier alpha value is -1.72. The van der Waals surface area contributed by atoms with Crippen LogP contribution in [0.5, 0.6) is 0 Å². The lowest BCUT2D eigenvalue weighted by Gasteiger charge is -2.05. The summed E-state index contributed by atoms with van der Waals surface area (Å²) >= 11 is 0. The zero-order chi connectivity index (χ0) is 12.1. The van der Waals surface area contributed by atoms with Crippen LogP contribution in [0, 0.1) is 0 Å². The van der Waals surface area contributed by atoms with Gasteiger partial charge in [0.05, 0.1) is 4.90 Å². The largest absolute Gasteiger partial charge is 0.240 e. The molecule has 0 aliphatic rings. The average molecular weight is 249 g/mol. The van der Waals surface area contributed by atoms with Crippen LogP contribution >= 0.6 is 0 Å². The normalized spacial score (nSPS) is 11.3. The van der Waals surface area contributed by atoms with Crippen molar-refractivity contribution in [3.05, 3.63) is 60.4 Å². The first-order valence-corrected chi connectivity index (χ1v) is 6.66. The fraction of sp³-hybridized carbons (Fsp3) is 0.0833. The van der Waals surface area contributed by atoms with Crippen molar-refractivity contribution < 1.29 is 13.4 Å². The summed E-state index contributed by atoms with van der Waals surface area (Å²) in [5.41, 5.74) is 0.881. The molecule has 0 amide bonds. The Bertz CT molecular complexity index is 568. The van der Waals surface area contributed by atoms with E-state index < -0.39 is 10.0 Å². The number of hydrogen-bond donors (Lipinski definition) is 1. The standard InChI is InChI=1S/C12H12N2O2S/c15-17(16,12-6-2-1-3-7-12)14-10-11-5-4-8-13-9-11/h1-9,14H,10H2/p+1. The van der Waals surface area contributed by atoms with Crippen molar-refractivity contribution >= 4 is 10.0 Å². The van der Waals surface area contributed by atoms with E-state index in [2.05, 4.69) is 9.71 Å². The second-order valence-corrected chi connectivity index (χ2v) is 5.32.